The molecule has 1 saturated heterocycles. The fourth-order valence-electron chi connectivity index (χ4n) is 3.83. The monoisotopic (exact) mass is 474 g/mol. The fraction of sp³-hybridized carbons (Fsp3) is 0.273. The van der Waals surface area contributed by atoms with E-state index in [0.29, 0.717) is 11.6 Å². The van der Waals surface area contributed by atoms with Crippen molar-refractivity contribution < 1.29 is 37.1 Å². The van der Waals surface area contributed by atoms with Crippen molar-refractivity contribution in [3.8, 4) is 0 Å². The number of rotatable bonds is 4. The maximum atomic E-state index is 13.0. The van der Waals surface area contributed by atoms with Crippen LogP contribution in [0.4, 0.5) is 13.2 Å². The number of piperidine rings is 1. The fourth-order valence-corrected chi connectivity index (χ4v) is 3.83. The quantitative estimate of drug-likeness (QED) is 0.652. The molecule has 4 rings (SSSR count). The average Bonchev–Trinajstić information content (AvgIpc) is 3.04. The first kappa shape index (κ1) is 23.1. The van der Waals surface area contributed by atoms with Crippen LogP contribution in [0, 0.1) is 0 Å². The number of alkyl halides is 3. The minimum absolute atomic E-state index is 0.00673. The molecule has 1 aromatic carbocycles. The second-order valence-corrected chi connectivity index (χ2v) is 8.09. The summed E-state index contributed by atoms with van der Waals surface area (Å²) >= 11 is 0. The molecule has 9 nitrogen and oxygen atoms in total. The van der Waals surface area contributed by atoms with E-state index in [1.807, 2.05) is 0 Å². The summed E-state index contributed by atoms with van der Waals surface area (Å²) in [6.07, 6.45) is -3.84. The van der Waals surface area contributed by atoms with Gasteiger partial charge in [0.05, 0.1) is 16.7 Å². The number of carbonyl (C=O) groups is 5. The lowest BCUT2D eigenvalue weighted by atomic mass is 9.89. The van der Waals surface area contributed by atoms with Crippen LogP contribution >= 0.6 is 0 Å². The van der Waals surface area contributed by atoms with Gasteiger partial charge in [-0.1, -0.05) is 6.07 Å². The first-order valence-corrected chi connectivity index (χ1v) is 10.1. The van der Waals surface area contributed by atoms with Crippen molar-refractivity contribution in [2.45, 2.75) is 38.0 Å². The van der Waals surface area contributed by atoms with E-state index in [2.05, 4.69) is 15.6 Å². The minimum atomic E-state index is -4.62. The normalized spacial score (nSPS) is 20.3. The molecule has 0 radical (unpaired) electrons. The van der Waals surface area contributed by atoms with E-state index in [0.717, 1.165) is 17.2 Å². The number of hydrogen-bond acceptors (Lipinski definition) is 6. The molecule has 12 heteroatoms. The third-order valence-electron chi connectivity index (χ3n) is 5.79. The molecular formula is C22H17F3N4O5. The third kappa shape index (κ3) is 3.91. The zero-order valence-corrected chi connectivity index (χ0v) is 17.7. The number of hydrogen-bond donors (Lipinski definition) is 2. The third-order valence-corrected chi connectivity index (χ3v) is 5.79. The van der Waals surface area contributed by atoms with Crippen molar-refractivity contribution in [3.63, 3.8) is 0 Å². The molecule has 1 atom stereocenters. The van der Waals surface area contributed by atoms with E-state index in [4.69, 9.17) is 0 Å². The lowest BCUT2D eigenvalue weighted by Gasteiger charge is -2.38. The van der Waals surface area contributed by atoms with Gasteiger partial charge in [0.2, 0.25) is 5.91 Å². The highest BCUT2D eigenvalue weighted by Gasteiger charge is 2.52. The van der Waals surface area contributed by atoms with E-state index in [1.165, 1.54) is 25.1 Å². The van der Waals surface area contributed by atoms with Crippen LogP contribution in [0.2, 0.25) is 0 Å². The summed E-state index contributed by atoms with van der Waals surface area (Å²) in [4.78, 5) is 66.1. The zero-order chi connectivity index (χ0) is 24.8. The van der Waals surface area contributed by atoms with E-state index in [-0.39, 0.29) is 36.1 Å². The SMILES string of the molecule is C[C@]1(N2C(=O)c3ccc(CNC(=O)c4ccc(C(F)(F)F)nc4)cc3C2=O)CCC(=O)NC1=O. The van der Waals surface area contributed by atoms with Crippen LogP contribution in [-0.2, 0) is 22.3 Å². The molecule has 1 aromatic heterocycles. The maximum absolute atomic E-state index is 13.0. The molecule has 2 aromatic rings. The number of nitrogens with zero attached hydrogens (tertiary/aromatic N) is 2. The van der Waals surface area contributed by atoms with Crippen molar-refractivity contribution in [2.75, 3.05) is 0 Å². The lowest BCUT2D eigenvalue weighted by molar-refractivity contribution is -0.142. The van der Waals surface area contributed by atoms with Crippen molar-refractivity contribution in [1.82, 2.24) is 20.5 Å². The van der Waals surface area contributed by atoms with Crippen molar-refractivity contribution in [3.05, 3.63) is 64.5 Å². The molecular weight excluding hydrogens is 457 g/mol. The number of fused-ring (bicyclic) bond motifs is 1. The Bertz CT molecular complexity index is 1240. The van der Waals surface area contributed by atoms with Gasteiger partial charge in [-0.3, -0.25) is 39.2 Å². The van der Waals surface area contributed by atoms with Crippen molar-refractivity contribution in [1.29, 1.82) is 0 Å². The van der Waals surface area contributed by atoms with Gasteiger partial charge in [-0.25, -0.2) is 0 Å². The number of benzene rings is 1. The molecule has 0 spiro atoms. The van der Waals surface area contributed by atoms with Crippen LogP contribution in [0.3, 0.4) is 0 Å². The molecule has 0 saturated carbocycles. The summed E-state index contributed by atoms with van der Waals surface area (Å²) in [5, 5.41) is 4.66. The highest BCUT2D eigenvalue weighted by Crippen LogP contribution is 2.34. The molecule has 3 heterocycles. The number of nitrogens with one attached hydrogen (secondary N) is 2. The van der Waals surface area contributed by atoms with Crippen LogP contribution < -0.4 is 10.6 Å². The Morgan fingerprint density at radius 2 is 1.82 bits per heavy atom. The number of carbonyl (C=O) groups excluding carboxylic acids is 5. The Labute approximate surface area is 190 Å². The highest BCUT2D eigenvalue weighted by molar-refractivity contribution is 6.24. The summed E-state index contributed by atoms with van der Waals surface area (Å²) < 4.78 is 37.8. The number of aromatic nitrogens is 1. The summed E-state index contributed by atoms with van der Waals surface area (Å²) in [5.74, 6) is -3.27. The van der Waals surface area contributed by atoms with Gasteiger partial charge in [-0.05, 0) is 43.2 Å². The lowest BCUT2D eigenvalue weighted by Crippen LogP contribution is -2.62. The van der Waals surface area contributed by atoms with E-state index >= 15 is 0 Å². The second-order valence-electron chi connectivity index (χ2n) is 8.09. The van der Waals surface area contributed by atoms with Gasteiger partial charge in [-0.2, -0.15) is 13.2 Å². The molecule has 176 valence electrons. The molecule has 2 N–H and O–H groups in total. The molecule has 34 heavy (non-hydrogen) atoms. The van der Waals surface area contributed by atoms with Gasteiger partial charge < -0.3 is 5.32 Å². The largest absolute Gasteiger partial charge is 0.433 e. The molecule has 2 aliphatic rings. The Hall–Kier alpha value is -4.09. The molecule has 2 aliphatic heterocycles. The van der Waals surface area contributed by atoms with Gasteiger partial charge in [0.15, 0.2) is 0 Å². The number of pyridine rings is 1. The van der Waals surface area contributed by atoms with Crippen LogP contribution in [0.25, 0.3) is 0 Å². The summed E-state index contributed by atoms with van der Waals surface area (Å²) in [6, 6.07) is 5.99. The summed E-state index contributed by atoms with van der Waals surface area (Å²) in [7, 11) is 0. The van der Waals surface area contributed by atoms with Crippen molar-refractivity contribution in [2.24, 2.45) is 0 Å². The zero-order valence-electron chi connectivity index (χ0n) is 17.7. The van der Waals surface area contributed by atoms with Crippen molar-refractivity contribution >= 4 is 29.5 Å². The van der Waals surface area contributed by atoms with E-state index < -0.39 is 46.9 Å². The van der Waals surface area contributed by atoms with Crippen LogP contribution in [0.5, 0.6) is 0 Å². The Kier molecular flexibility index (Phi) is 5.46. The average molecular weight is 474 g/mol. The number of halogens is 3. The molecule has 5 amide bonds. The van der Waals surface area contributed by atoms with Gasteiger partial charge in [0.25, 0.3) is 23.6 Å². The van der Waals surface area contributed by atoms with E-state index in [9.17, 15) is 37.1 Å². The first-order chi connectivity index (χ1) is 15.9. The predicted octanol–water partition coefficient (Wildman–Crippen LogP) is 1.82. The van der Waals surface area contributed by atoms with Crippen LogP contribution in [0.1, 0.15) is 62.1 Å². The van der Waals surface area contributed by atoms with Crippen LogP contribution in [0.15, 0.2) is 36.5 Å². The molecule has 0 bridgehead atoms. The van der Waals surface area contributed by atoms with Crippen LogP contribution in [-0.4, -0.2) is 45.0 Å². The topological polar surface area (TPSA) is 126 Å². The Morgan fingerprint density at radius 1 is 1.12 bits per heavy atom. The van der Waals surface area contributed by atoms with E-state index in [1.54, 1.807) is 0 Å². The number of amides is 5. The van der Waals surface area contributed by atoms with Gasteiger partial charge in [0.1, 0.15) is 11.2 Å². The molecule has 0 aliphatic carbocycles. The summed E-state index contributed by atoms with van der Waals surface area (Å²) in [5.41, 5.74) is -2.16. The Balaban J connectivity index is 1.49. The maximum Gasteiger partial charge on any atom is 0.433 e. The summed E-state index contributed by atoms with van der Waals surface area (Å²) in [6.45, 7) is 1.33. The Morgan fingerprint density at radius 3 is 2.44 bits per heavy atom. The number of imide groups is 2. The van der Waals surface area contributed by atoms with Gasteiger partial charge in [-0.15, -0.1) is 0 Å². The predicted molar refractivity (Wildman–Crippen MR) is 108 cm³/mol. The highest BCUT2D eigenvalue weighted by atomic mass is 19.4. The standard InChI is InChI=1S/C22H17F3N4O5/c1-21(7-6-16(30)28-20(21)34)29-18(32)13-4-2-11(8-14(13)19(29)33)9-27-17(31)12-3-5-15(26-10-12)22(23,24)25/h2-5,8,10H,6-7,9H2,1H3,(H,27,31)(H,28,30,34)/t21-/m0/s1. The smallest absolute Gasteiger partial charge is 0.348 e. The van der Waals surface area contributed by atoms with Gasteiger partial charge >= 0.3 is 6.18 Å². The minimum Gasteiger partial charge on any atom is -0.348 e. The molecule has 1 fully saturated rings. The van der Waals surface area contributed by atoms with Gasteiger partial charge in [0, 0.05) is 19.2 Å². The molecule has 0 unspecified atom stereocenters. The second kappa shape index (κ2) is 8.04. The first-order valence-electron chi connectivity index (χ1n) is 10.1.